The molecule has 7 heteroatoms. The van der Waals surface area contributed by atoms with Crippen LogP contribution in [0.1, 0.15) is 36.8 Å². The summed E-state index contributed by atoms with van der Waals surface area (Å²) in [5.74, 6) is 0.762. The van der Waals surface area contributed by atoms with Gasteiger partial charge in [0, 0.05) is 25.6 Å². The molecule has 1 aliphatic rings. The van der Waals surface area contributed by atoms with Gasteiger partial charge in [-0.05, 0) is 36.6 Å². The number of nitrogens with zero attached hydrogens (tertiary/aromatic N) is 4. The van der Waals surface area contributed by atoms with Crippen LogP contribution in [0.3, 0.4) is 0 Å². The lowest BCUT2D eigenvalue weighted by Crippen LogP contribution is -2.31. The van der Waals surface area contributed by atoms with Gasteiger partial charge in [-0.1, -0.05) is 6.07 Å². The fourth-order valence-electron chi connectivity index (χ4n) is 2.70. The van der Waals surface area contributed by atoms with Gasteiger partial charge in [0.05, 0.1) is 11.7 Å². The van der Waals surface area contributed by atoms with Crippen molar-refractivity contribution < 1.29 is 4.79 Å². The molecule has 6 nitrogen and oxygen atoms in total. The van der Waals surface area contributed by atoms with Crippen LogP contribution in [-0.4, -0.2) is 37.5 Å². The number of likely N-dealkylation sites (tertiary alicyclic amines) is 1. The van der Waals surface area contributed by atoms with Gasteiger partial charge in [0.15, 0.2) is 0 Å². The summed E-state index contributed by atoms with van der Waals surface area (Å²) in [6.45, 7) is 0.789. The first-order valence-electron chi connectivity index (χ1n) is 7.01. The second kappa shape index (κ2) is 6.22. The molecule has 0 spiro atoms. The Morgan fingerprint density at radius 3 is 3.10 bits per heavy atom. The molecule has 0 radical (unpaired) electrons. The third-order valence-corrected chi connectivity index (χ3v) is 3.85. The second-order valence-corrected chi connectivity index (χ2v) is 5.39. The Hall–Kier alpha value is -1.95. The van der Waals surface area contributed by atoms with Crippen molar-refractivity contribution in [3.05, 3.63) is 41.2 Å². The third kappa shape index (κ3) is 3.21. The SMILES string of the molecule is O=C(CCc1nc(Cl)n[nH]1)N1CCCC1c1ccccn1. The zero-order chi connectivity index (χ0) is 14.7. The van der Waals surface area contributed by atoms with E-state index in [0.29, 0.717) is 18.7 Å². The Morgan fingerprint density at radius 2 is 2.38 bits per heavy atom. The van der Waals surface area contributed by atoms with Crippen molar-refractivity contribution in [1.29, 1.82) is 0 Å². The van der Waals surface area contributed by atoms with Gasteiger partial charge in [-0.25, -0.2) is 4.98 Å². The van der Waals surface area contributed by atoms with Crippen LogP contribution in [0.5, 0.6) is 0 Å². The van der Waals surface area contributed by atoms with E-state index in [4.69, 9.17) is 11.6 Å². The topological polar surface area (TPSA) is 74.8 Å². The van der Waals surface area contributed by atoms with Gasteiger partial charge >= 0.3 is 0 Å². The first-order chi connectivity index (χ1) is 10.2. The number of carbonyl (C=O) groups is 1. The van der Waals surface area contributed by atoms with Gasteiger partial charge in [0.25, 0.3) is 0 Å². The van der Waals surface area contributed by atoms with E-state index in [9.17, 15) is 4.79 Å². The number of aryl methyl sites for hydroxylation is 1. The average molecular weight is 306 g/mol. The number of aromatic amines is 1. The minimum Gasteiger partial charge on any atom is -0.334 e. The van der Waals surface area contributed by atoms with Crippen molar-refractivity contribution in [2.45, 2.75) is 31.7 Å². The maximum Gasteiger partial charge on any atom is 0.242 e. The Labute approximate surface area is 127 Å². The van der Waals surface area contributed by atoms with Gasteiger partial charge < -0.3 is 4.90 Å². The number of halogens is 1. The summed E-state index contributed by atoms with van der Waals surface area (Å²) >= 11 is 5.65. The van der Waals surface area contributed by atoms with Crippen LogP contribution in [-0.2, 0) is 11.2 Å². The van der Waals surface area contributed by atoms with Gasteiger partial charge in [-0.2, -0.15) is 0 Å². The zero-order valence-corrected chi connectivity index (χ0v) is 12.3. The van der Waals surface area contributed by atoms with Crippen LogP contribution in [0.15, 0.2) is 24.4 Å². The number of hydrogen-bond acceptors (Lipinski definition) is 4. The molecule has 1 amide bonds. The standard InChI is InChI=1S/C14H16ClN5O/c15-14-17-12(18-19-14)6-7-13(21)20-9-3-5-11(20)10-4-1-2-8-16-10/h1-2,4,8,11H,3,5-7,9H2,(H,17,18,19). The normalized spacial score (nSPS) is 18.1. The van der Waals surface area contributed by atoms with E-state index < -0.39 is 0 Å². The minimum absolute atomic E-state index is 0.0945. The van der Waals surface area contributed by atoms with Gasteiger partial charge in [0.1, 0.15) is 5.82 Å². The molecule has 1 aliphatic heterocycles. The Balaban J connectivity index is 1.63. The van der Waals surface area contributed by atoms with Gasteiger partial charge in [-0.15, -0.1) is 5.10 Å². The number of nitrogens with one attached hydrogen (secondary N) is 1. The molecule has 110 valence electrons. The number of pyridine rings is 1. The van der Waals surface area contributed by atoms with Gasteiger partial charge in [-0.3, -0.25) is 14.9 Å². The van der Waals surface area contributed by atoms with Crippen LogP contribution < -0.4 is 0 Å². The predicted molar refractivity (Wildman–Crippen MR) is 77.6 cm³/mol. The largest absolute Gasteiger partial charge is 0.334 e. The smallest absolute Gasteiger partial charge is 0.242 e. The molecular weight excluding hydrogens is 290 g/mol. The van der Waals surface area contributed by atoms with E-state index in [1.165, 1.54) is 0 Å². The molecule has 0 saturated carbocycles. The first-order valence-corrected chi connectivity index (χ1v) is 7.39. The minimum atomic E-state index is 0.0945. The fraction of sp³-hybridized carbons (Fsp3) is 0.429. The predicted octanol–water partition coefficient (Wildman–Crippen LogP) is 2.15. The van der Waals surface area contributed by atoms with E-state index in [1.54, 1.807) is 6.20 Å². The van der Waals surface area contributed by atoms with Crippen molar-refractivity contribution in [1.82, 2.24) is 25.1 Å². The monoisotopic (exact) mass is 305 g/mol. The van der Waals surface area contributed by atoms with E-state index in [-0.39, 0.29) is 17.2 Å². The highest BCUT2D eigenvalue weighted by molar-refractivity contribution is 6.28. The lowest BCUT2D eigenvalue weighted by atomic mass is 10.1. The van der Waals surface area contributed by atoms with E-state index in [2.05, 4.69) is 20.2 Å². The number of rotatable bonds is 4. The Morgan fingerprint density at radius 1 is 1.48 bits per heavy atom. The highest BCUT2D eigenvalue weighted by atomic mass is 35.5. The Bertz CT molecular complexity index is 615. The summed E-state index contributed by atoms with van der Waals surface area (Å²) in [4.78, 5) is 22.7. The summed E-state index contributed by atoms with van der Waals surface area (Å²) in [7, 11) is 0. The van der Waals surface area contributed by atoms with Gasteiger partial charge in [0.2, 0.25) is 11.2 Å². The molecule has 3 heterocycles. The van der Waals surface area contributed by atoms with Crippen LogP contribution in [0.2, 0.25) is 5.28 Å². The maximum atomic E-state index is 12.4. The van der Waals surface area contributed by atoms with E-state index in [1.807, 2.05) is 23.1 Å². The average Bonchev–Trinajstić information content (AvgIpc) is 3.14. The van der Waals surface area contributed by atoms with Crippen molar-refractivity contribution >= 4 is 17.5 Å². The highest BCUT2D eigenvalue weighted by Crippen LogP contribution is 2.31. The molecule has 1 fully saturated rings. The second-order valence-electron chi connectivity index (χ2n) is 5.05. The van der Waals surface area contributed by atoms with E-state index >= 15 is 0 Å². The van der Waals surface area contributed by atoms with Crippen LogP contribution in [0, 0.1) is 0 Å². The quantitative estimate of drug-likeness (QED) is 0.939. The van der Waals surface area contributed by atoms with Crippen LogP contribution >= 0.6 is 11.6 Å². The molecule has 1 N–H and O–H groups in total. The summed E-state index contributed by atoms with van der Waals surface area (Å²) in [6, 6.07) is 5.92. The molecule has 1 saturated heterocycles. The Kier molecular flexibility index (Phi) is 4.15. The summed E-state index contributed by atoms with van der Waals surface area (Å²) in [6.07, 6.45) is 4.67. The van der Waals surface area contributed by atoms with Crippen LogP contribution in [0.4, 0.5) is 0 Å². The van der Waals surface area contributed by atoms with E-state index in [0.717, 1.165) is 25.1 Å². The highest BCUT2D eigenvalue weighted by Gasteiger charge is 2.30. The third-order valence-electron chi connectivity index (χ3n) is 3.68. The molecule has 0 bridgehead atoms. The van der Waals surface area contributed by atoms with Crippen LogP contribution in [0.25, 0.3) is 0 Å². The first kappa shape index (κ1) is 14.0. The fourth-order valence-corrected chi connectivity index (χ4v) is 2.84. The number of H-pyrrole nitrogens is 1. The molecule has 3 rings (SSSR count). The van der Waals surface area contributed by atoms with Crippen molar-refractivity contribution in [2.24, 2.45) is 0 Å². The molecule has 1 unspecified atom stereocenters. The summed E-state index contributed by atoms with van der Waals surface area (Å²) in [5.41, 5.74) is 0.964. The summed E-state index contributed by atoms with van der Waals surface area (Å²) < 4.78 is 0. The molecule has 1 atom stereocenters. The molecular formula is C14H16ClN5O. The molecule has 21 heavy (non-hydrogen) atoms. The lowest BCUT2D eigenvalue weighted by Gasteiger charge is -2.24. The number of amides is 1. The summed E-state index contributed by atoms with van der Waals surface area (Å²) in [5, 5.41) is 6.65. The molecule has 0 aromatic carbocycles. The van der Waals surface area contributed by atoms with Crippen molar-refractivity contribution in [3.8, 4) is 0 Å². The molecule has 2 aromatic heterocycles. The zero-order valence-electron chi connectivity index (χ0n) is 11.5. The number of hydrogen-bond donors (Lipinski definition) is 1. The number of aromatic nitrogens is 4. The van der Waals surface area contributed by atoms with Crippen molar-refractivity contribution in [2.75, 3.05) is 6.54 Å². The van der Waals surface area contributed by atoms with Crippen molar-refractivity contribution in [3.63, 3.8) is 0 Å². The molecule has 2 aromatic rings. The molecule has 0 aliphatic carbocycles. The maximum absolute atomic E-state index is 12.4. The lowest BCUT2D eigenvalue weighted by molar-refractivity contribution is -0.132. The number of carbonyl (C=O) groups excluding carboxylic acids is 1.